The topological polar surface area (TPSA) is 38.7 Å². The summed E-state index contributed by atoms with van der Waals surface area (Å²) >= 11 is 0. The monoisotopic (exact) mass is 297 g/mol. The van der Waals surface area contributed by atoms with Gasteiger partial charge in [0.05, 0.1) is 5.56 Å². The lowest BCUT2D eigenvalue weighted by atomic mass is 9.77. The molecule has 1 aliphatic heterocycles. The van der Waals surface area contributed by atoms with Gasteiger partial charge in [-0.15, -0.1) is 6.58 Å². The molecule has 112 valence electrons. The van der Waals surface area contributed by atoms with Crippen LogP contribution in [0.3, 0.4) is 0 Å². The number of benzene rings is 1. The first-order valence-corrected chi connectivity index (χ1v) is 6.26. The largest absolute Gasteiger partial charge is 0.416 e. The van der Waals surface area contributed by atoms with Crippen LogP contribution in [-0.4, -0.2) is 11.7 Å². The van der Waals surface area contributed by atoms with Gasteiger partial charge in [-0.05, 0) is 32.4 Å². The van der Waals surface area contributed by atoms with Crippen LogP contribution in [0.1, 0.15) is 31.4 Å². The zero-order valence-electron chi connectivity index (χ0n) is 11.6. The van der Waals surface area contributed by atoms with Gasteiger partial charge in [0.15, 0.2) is 0 Å². The summed E-state index contributed by atoms with van der Waals surface area (Å²) in [5.41, 5.74) is -0.262. The number of hydrogen-bond donors (Lipinski definition) is 0. The third kappa shape index (κ3) is 2.84. The first-order valence-electron chi connectivity index (χ1n) is 6.26. The summed E-state index contributed by atoms with van der Waals surface area (Å²) in [6.07, 6.45) is -4.07. The number of hydrogen-bond acceptors (Lipinski definition) is 3. The Kier molecular flexibility index (Phi) is 3.65. The van der Waals surface area contributed by atoms with Gasteiger partial charge in [0.1, 0.15) is 11.1 Å². The zero-order valence-corrected chi connectivity index (χ0v) is 11.6. The van der Waals surface area contributed by atoms with Gasteiger partial charge in [-0.25, -0.2) is 4.79 Å². The number of oxime groups is 1. The number of rotatable bonds is 3. The fraction of sp³-hybridized carbons (Fsp3) is 0.333. The van der Waals surface area contributed by atoms with Crippen LogP contribution in [0.5, 0.6) is 0 Å². The number of carbonyl (C=O) groups is 1. The lowest BCUT2D eigenvalue weighted by molar-refractivity contribution is -0.147. The van der Waals surface area contributed by atoms with Crippen LogP contribution in [0.15, 0.2) is 41.6 Å². The molecule has 0 bridgehead atoms. The Morgan fingerprint density at radius 1 is 1.33 bits per heavy atom. The van der Waals surface area contributed by atoms with E-state index in [1.165, 1.54) is 12.1 Å². The van der Waals surface area contributed by atoms with Crippen LogP contribution in [0.25, 0.3) is 0 Å². The van der Waals surface area contributed by atoms with E-state index in [0.717, 1.165) is 17.7 Å². The van der Waals surface area contributed by atoms with E-state index in [0.29, 0.717) is 17.7 Å². The van der Waals surface area contributed by atoms with Crippen LogP contribution in [-0.2, 0) is 15.8 Å². The summed E-state index contributed by atoms with van der Waals surface area (Å²) in [6.45, 7) is 7.17. The van der Waals surface area contributed by atoms with Crippen molar-refractivity contribution in [3.63, 3.8) is 0 Å². The van der Waals surface area contributed by atoms with Gasteiger partial charge in [-0.3, -0.25) is 0 Å². The molecule has 3 nitrogen and oxygen atoms in total. The van der Waals surface area contributed by atoms with Crippen molar-refractivity contribution >= 4 is 11.7 Å². The summed E-state index contributed by atoms with van der Waals surface area (Å²) in [5, 5.41) is 3.73. The fourth-order valence-electron chi connectivity index (χ4n) is 2.33. The molecule has 0 N–H and O–H groups in total. The van der Waals surface area contributed by atoms with E-state index in [9.17, 15) is 18.0 Å². The molecule has 0 amide bonds. The Morgan fingerprint density at radius 2 is 1.90 bits per heavy atom. The van der Waals surface area contributed by atoms with E-state index in [-0.39, 0.29) is 0 Å². The summed E-state index contributed by atoms with van der Waals surface area (Å²) < 4.78 is 37.7. The van der Waals surface area contributed by atoms with Crippen LogP contribution in [0, 0.1) is 5.41 Å². The van der Waals surface area contributed by atoms with E-state index < -0.39 is 23.1 Å². The normalized spacial score (nSPS) is 22.0. The molecule has 0 aliphatic carbocycles. The van der Waals surface area contributed by atoms with Gasteiger partial charge in [0.25, 0.3) is 0 Å². The molecule has 1 unspecified atom stereocenters. The molecule has 0 fully saturated rings. The van der Waals surface area contributed by atoms with Gasteiger partial charge in [-0.2, -0.15) is 13.2 Å². The smallest absolute Gasteiger partial charge is 0.317 e. The summed E-state index contributed by atoms with van der Waals surface area (Å²) in [7, 11) is 0. The number of nitrogens with zero attached hydrogens (tertiary/aromatic N) is 1. The first-order chi connectivity index (χ1) is 9.64. The molecule has 1 atom stereocenters. The molecule has 1 aromatic carbocycles. The van der Waals surface area contributed by atoms with Crippen LogP contribution < -0.4 is 0 Å². The average molecular weight is 297 g/mol. The second-order valence-corrected chi connectivity index (χ2v) is 5.36. The second kappa shape index (κ2) is 5.02. The van der Waals surface area contributed by atoms with Gasteiger partial charge in [0.2, 0.25) is 0 Å². The molecule has 1 aliphatic rings. The minimum atomic E-state index is -4.40. The average Bonchev–Trinajstić information content (AvgIpc) is 2.64. The predicted molar refractivity (Wildman–Crippen MR) is 71.6 cm³/mol. The lowest BCUT2D eigenvalue weighted by Crippen LogP contribution is -2.33. The molecule has 0 spiro atoms. The van der Waals surface area contributed by atoms with E-state index in [2.05, 4.69) is 11.7 Å². The number of halogens is 3. The minimum absolute atomic E-state index is 0.323. The molecule has 6 heteroatoms. The van der Waals surface area contributed by atoms with Crippen LogP contribution in [0.2, 0.25) is 0 Å². The molecule has 0 aromatic heterocycles. The fourth-order valence-corrected chi connectivity index (χ4v) is 2.33. The Morgan fingerprint density at radius 3 is 2.38 bits per heavy atom. The number of carbonyl (C=O) groups excluding carboxylic acids is 1. The van der Waals surface area contributed by atoms with E-state index in [1.807, 2.05) is 0 Å². The summed E-state index contributed by atoms with van der Waals surface area (Å²) in [5.74, 6) is -0.527. The second-order valence-electron chi connectivity index (χ2n) is 5.36. The maximum atomic E-state index is 12.6. The zero-order chi connectivity index (χ0) is 15.8. The molecule has 1 heterocycles. The Labute approximate surface area is 120 Å². The maximum Gasteiger partial charge on any atom is 0.416 e. The molecule has 2 rings (SSSR count). The van der Waals surface area contributed by atoms with Crippen LogP contribution >= 0.6 is 0 Å². The van der Waals surface area contributed by atoms with Crippen molar-refractivity contribution in [2.45, 2.75) is 26.4 Å². The standard InChI is InChI=1S/C15H14F3NO2/c1-9(2)8-14(3)12(19-21-13(14)20)10-4-6-11(7-5-10)15(16,17)18/h4-7H,1,8H2,2-3H3. The molecule has 0 saturated heterocycles. The highest BCUT2D eigenvalue weighted by atomic mass is 19.4. The summed E-state index contributed by atoms with van der Waals surface area (Å²) in [6, 6.07) is 4.50. The first kappa shape index (κ1) is 15.3. The highest BCUT2D eigenvalue weighted by molar-refractivity contribution is 6.17. The van der Waals surface area contributed by atoms with Crippen molar-refractivity contribution in [2.75, 3.05) is 0 Å². The van der Waals surface area contributed by atoms with Crippen molar-refractivity contribution in [3.05, 3.63) is 47.5 Å². The van der Waals surface area contributed by atoms with Crippen molar-refractivity contribution in [3.8, 4) is 0 Å². The molecule has 21 heavy (non-hydrogen) atoms. The van der Waals surface area contributed by atoms with Gasteiger partial charge >= 0.3 is 12.1 Å². The maximum absolute atomic E-state index is 12.6. The Balaban J connectivity index is 2.37. The predicted octanol–water partition coefficient (Wildman–Crippen LogP) is 3.94. The Hall–Kier alpha value is -2.11. The van der Waals surface area contributed by atoms with Gasteiger partial charge < -0.3 is 4.84 Å². The highest BCUT2D eigenvalue weighted by Gasteiger charge is 2.46. The van der Waals surface area contributed by atoms with Crippen LogP contribution in [0.4, 0.5) is 13.2 Å². The van der Waals surface area contributed by atoms with Crippen molar-refractivity contribution < 1.29 is 22.8 Å². The lowest BCUT2D eigenvalue weighted by Gasteiger charge is -2.21. The molecule has 0 radical (unpaired) electrons. The van der Waals surface area contributed by atoms with Crippen molar-refractivity contribution in [1.29, 1.82) is 0 Å². The molecule has 1 aromatic rings. The molecular weight excluding hydrogens is 283 g/mol. The van der Waals surface area contributed by atoms with E-state index >= 15 is 0 Å². The molecular formula is C15H14F3NO2. The molecule has 0 saturated carbocycles. The SMILES string of the molecule is C=C(C)CC1(C)C(=O)ON=C1c1ccc(C(F)(F)F)cc1. The van der Waals surface area contributed by atoms with Crippen molar-refractivity contribution in [1.82, 2.24) is 0 Å². The highest BCUT2D eigenvalue weighted by Crippen LogP contribution is 2.37. The van der Waals surface area contributed by atoms with Crippen molar-refractivity contribution in [2.24, 2.45) is 10.6 Å². The third-order valence-corrected chi connectivity index (χ3v) is 3.33. The number of alkyl halides is 3. The Bertz CT molecular complexity index is 617. The third-order valence-electron chi connectivity index (χ3n) is 3.33. The minimum Gasteiger partial charge on any atom is -0.317 e. The van der Waals surface area contributed by atoms with Gasteiger partial charge in [0, 0.05) is 5.56 Å². The number of allylic oxidation sites excluding steroid dienone is 1. The van der Waals surface area contributed by atoms with E-state index in [4.69, 9.17) is 4.84 Å². The summed E-state index contributed by atoms with van der Waals surface area (Å²) in [4.78, 5) is 16.6. The van der Waals surface area contributed by atoms with E-state index in [1.54, 1.807) is 13.8 Å². The quantitative estimate of drug-likeness (QED) is 0.626. The van der Waals surface area contributed by atoms with Gasteiger partial charge in [-0.1, -0.05) is 22.9 Å².